The fraction of sp³-hybridized carbons (Fsp3) is 0.357. The Kier molecular flexibility index (Phi) is 6.99. The zero-order valence-corrected chi connectivity index (χ0v) is 23.2. The second-order valence-electron chi connectivity index (χ2n) is 10.1. The molecule has 2 aliphatic heterocycles. The third-order valence-corrected chi connectivity index (χ3v) is 9.02. The van der Waals surface area contributed by atoms with Gasteiger partial charge in [0, 0.05) is 48.9 Å². The number of methoxy groups -OCH3 is 1. The Labute approximate surface area is 234 Å². The van der Waals surface area contributed by atoms with Gasteiger partial charge in [0.25, 0.3) is 0 Å². The van der Waals surface area contributed by atoms with Crippen molar-refractivity contribution in [3.05, 3.63) is 60.7 Å². The number of benzene rings is 2. The van der Waals surface area contributed by atoms with Gasteiger partial charge in [-0.05, 0) is 37.1 Å². The van der Waals surface area contributed by atoms with Crippen LogP contribution < -0.4 is 30.3 Å². The van der Waals surface area contributed by atoms with E-state index >= 15 is 0 Å². The molecule has 0 unspecified atom stereocenters. The zero-order chi connectivity index (χ0) is 27.7. The van der Waals surface area contributed by atoms with Gasteiger partial charge in [-0.1, -0.05) is 18.2 Å². The predicted octanol–water partition coefficient (Wildman–Crippen LogP) is 3.73. The van der Waals surface area contributed by atoms with Crippen molar-refractivity contribution < 1.29 is 17.9 Å². The van der Waals surface area contributed by atoms with Crippen LogP contribution in [0.4, 0.5) is 34.6 Å². The van der Waals surface area contributed by atoms with Crippen molar-refractivity contribution in [2.45, 2.75) is 23.2 Å². The summed E-state index contributed by atoms with van der Waals surface area (Å²) >= 11 is 0. The van der Waals surface area contributed by atoms with Gasteiger partial charge in [0.2, 0.25) is 16.0 Å². The summed E-state index contributed by atoms with van der Waals surface area (Å²) in [5.74, 6) is 2.35. The molecule has 1 saturated carbocycles. The van der Waals surface area contributed by atoms with Crippen LogP contribution in [0.25, 0.3) is 0 Å². The molecule has 0 amide bonds. The highest BCUT2D eigenvalue weighted by molar-refractivity contribution is 7.89. The van der Waals surface area contributed by atoms with Gasteiger partial charge in [0.15, 0.2) is 0 Å². The van der Waals surface area contributed by atoms with E-state index in [2.05, 4.69) is 32.2 Å². The average Bonchev–Trinajstić information content (AvgIpc) is 3.67. The lowest BCUT2D eigenvalue weighted by atomic mass is 10.0. The first kappa shape index (κ1) is 26.4. The van der Waals surface area contributed by atoms with Gasteiger partial charge in [-0.15, -0.1) is 6.58 Å². The molecule has 3 aromatic rings. The first-order valence-electron chi connectivity index (χ1n) is 13.3. The number of hydrogen-bond donors (Lipinski definition) is 4. The van der Waals surface area contributed by atoms with E-state index in [0.717, 1.165) is 55.2 Å². The fourth-order valence-electron chi connectivity index (χ4n) is 5.26. The van der Waals surface area contributed by atoms with Gasteiger partial charge < -0.3 is 30.3 Å². The maximum absolute atomic E-state index is 13.0. The summed E-state index contributed by atoms with van der Waals surface area (Å²) in [7, 11) is -2.13. The quantitative estimate of drug-likeness (QED) is 0.271. The van der Waals surface area contributed by atoms with Crippen molar-refractivity contribution in [1.29, 1.82) is 0 Å². The number of nitrogens with one attached hydrogen (secondary N) is 4. The summed E-state index contributed by atoms with van der Waals surface area (Å²) in [6.07, 6.45) is 3.55. The summed E-state index contributed by atoms with van der Waals surface area (Å²) in [4.78, 5) is 12.0. The molecule has 1 aromatic heterocycles. The van der Waals surface area contributed by atoms with Crippen LogP contribution in [0.3, 0.4) is 0 Å². The fourth-order valence-corrected chi connectivity index (χ4v) is 6.42. The first-order chi connectivity index (χ1) is 19.4. The van der Waals surface area contributed by atoms with Crippen LogP contribution in [0.2, 0.25) is 0 Å². The van der Waals surface area contributed by atoms with Gasteiger partial charge in [-0.25, -0.2) is 13.1 Å². The summed E-state index contributed by atoms with van der Waals surface area (Å²) in [6.45, 7) is 7.56. The second-order valence-corrected chi connectivity index (χ2v) is 11.9. The molecule has 3 heterocycles. The molecule has 0 atom stereocenters. The Morgan fingerprint density at radius 1 is 1.12 bits per heavy atom. The highest BCUT2D eigenvalue weighted by atomic mass is 32.2. The number of para-hydroxylation sites is 1. The minimum absolute atomic E-state index is 0.0391. The van der Waals surface area contributed by atoms with E-state index in [-0.39, 0.29) is 16.9 Å². The van der Waals surface area contributed by atoms with Crippen molar-refractivity contribution in [2.75, 3.05) is 67.4 Å². The lowest BCUT2D eigenvalue weighted by Crippen LogP contribution is -2.36. The summed E-state index contributed by atoms with van der Waals surface area (Å²) in [5, 5.41) is 10.1. The molecule has 12 heteroatoms. The largest absolute Gasteiger partial charge is 0.494 e. The highest BCUT2D eigenvalue weighted by Gasteiger charge is 2.52. The van der Waals surface area contributed by atoms with Gasteiger partial charge in [0.05, 0.1) is 31.7 Å². The standard InChI is InChI=1S/C28H33N7O4S/c1-3-12-30-40(36,37)23-7-5-4-6-21(23)31-26-24-25(29-18-28(24)10-11-28)33-27(34-26)32-20-9-8-19(17-22(20)38-2)35-13-15-39-16-14-35/h3-9,17,30H,1,10-16,18H2,2H3,(H3,29,31,32,33,34). The normalized spacial score (nSPS) is 17.2. The Hall–Kier alpha value is -3.87. The molecule has 3 aliphatic rings. The van der Waals surface area contributed by atoms with Crippen LogP contribution in [-0.4, -0.2) is 64.9 Å². The van der Waals surface area contributed by atoms with Gasteiger partial charge in [-0.2, -0.15) is 9.97 Å². The average molecular weight is 564 g/mol. The highest BCUT2D eigenvalue weighted by Crippen LogP contribution is 2.56. The van der Waals surface area contributed by atoms with E-state index in [0.29, 0.717) is 36.4 Å². The third-order valence-electron chi connectivity index (χ3n) is 7.54. The molecule has 1 aliphatic carbocycles. The number of nitrogens with zero attached hydrogens (tertiary/aromatic N) is 3. The maximum Gasteiger partial charge on any atom is 0.242 e. The van der Waals surface area contributed by atoms with E-state index in [1.54, 1.807) is 31.4 Å². The Morgan fingerprint density at radius 3 is 2.67 bits per heavy atom. The first-order valence-corrected chi connectivity index (χ1v) is 14.8. The van der Waals surface area contributed by atoms with Crippen molar-refractivity contribution in [2.24, 2.45) is 0 Å². The molecule has 0 radical (unpaired) electrons. The number of rotatable bonds is 10. The van der Waals surface area contributed by atoms with Crippen LogP contribution in [0.5, 0.6) is 5.75 Å². The van der Waals surface area contributed by atoms with Crippen molar-refractivity contribution in [3.63, 3.8) is 0 Å². The Balaban J connectivity index is 1.34. The number of aromatic nitrogens is 2. The SMILES string of the molecule is C=CCNS(=O)(=O)c1ccccc1Nc1nc(Nc2ccc(N3CCOCC3)cc2OC)nc2c1C1(CC1)CN2. The van der Waals surface area contributed by atoms with Crippen molar-refractivity contribution >= 4 is 44.7 Å². The van der Waals surface area contributed by atoms with E-state index in [4.69, 9.17) is 19.4 Å². The lowest BCUT2D eigenvalue weighted by molar-refractivity contribution is 0.122. The smallest absolute Gasteiger partial charge is 0.242 e. The molecular formula is C28H33N7O4S. The molecule has 0 bridgehead atoms. The number of ether oxygens (including phenoxy) is 2. The van der Waals surface area contributed by atoms with Gasteiger partial charge in [-0.3, -0.25) is 0 Å². The van der Waals surface area contributed by atoms with Crippen molar-refractivity contribution in [1.82, 2.24) is 14.7 Å². The third kappa shape index (κ3) is 5.05. The van der Waals surface area contributed by atoms with E-state index in [1.807, 2.05) is 18.2 Å². The van der Waals surface area contributed by atoms with Crippen LogP contribution in [0.15, 0.2) is 60.0 Å². The molecule has 2 fully saturated rings. The Morgan fingerprint density at radius 2 is 1.93 bits per heavy atom. The zero-order valence-electron chi connectivity index (χ0n) is 22.4. The van der Waals surface area contributed by atoms with Gasteiger partial charge >= 0.3 is 0 Å². The number of sulfonamides is 1. The molecule has 11 nitrogen and oxygen atoms in total. The minimum atomic E-state index is -3.77. The molecule has 1 spiro atoms. The number of anilines is 6. The molecule has 4 N–H and O–H groups in total. The molecule has 2 aromatic carbocycles. The molecule has 6 rings (SSSR count). The number of hydrogen-bond acceptors (Lipinski definition) is 10. The summed E-state index contributed by atoms with van der Waals surface area (Å²) < 4.78 is 39.8. The monoisotopic (exact) mass is 563 g/mol. The van der Waals surface area contributed by atoms with Crippen molar-refractivity contribution in [3.8, 4) is 5.75 Å². The minimum Gasteiger partial charge on any atom is -0.494 e. The maximum atomic E-state index is 13.0. The second kappa shape index (κ2) is 10.6. The van der Waals surface area contributed by atoms with E-state index < -0.39 is 10.0 Å². The number of fused-ring (bicyclic) bond motifs is 2. The molecule has 1 saturated heterocycles. The number of morpholine rings is 1. The van der Waals surface area contributed by atoms with Gasteiger partial charge in [0.1, 0.15) is 22.3 Å². The van der Waals surface area contributed by atoms with Crippen LogP contribution in [0, 0.1) is 0 Å². The van der Waals surface area contributed by atoms with Crippen LogP contribution in [-0.2, 0) is 20.2 Å². The molecule has 210 valence electrons. The summed E-state index contributed by atoms with van der Waals surface area (Å²) in [6, 6.07) is 12.8. The molecular weight excluding hydrogens is 530 g/mol. The lowest BCUT2D eigenvalue weighted by Gasteiger charge is -2.29. The molecule has 40 heavy (non-hydrogen) atoms. The summed E-state index contributed by atoms with van der Waals surface area (Å²) in [5.41, 5.74) is 3.16. The predicted molar refractivity (Wildman–Crippen MR) is 156 cm³/mol. The Bertz CT molecular complexity index is 1540. The topological polar surface area (TPSA) is 130 Å². The van der Waals surface area contributed by atoms with Crippen LogP contribution in [0.1, 0.15) is 18.4 Å². The van der Waals surface area contributed by atoms with Crippen LogP contribution >= 0.6 is 0 Å². The van der Waals surface area contributed by atoms with E-state index in [1.165, 1.54) is 6.08 Å². The van der Waals surface area contributed by atoms with E-state index in [9.17, 15) is 8.42 Å².